The zero-order valence-electron chi connectivity index (χ0n) is 11.9. The van der Waals surface area contributed by atoms with Crippen LogP contribution in [0.15, 0.2) is 18.2 Å². The summed E-state index contributed by atoms with van der Waals surface area (Å²) in [6, 6.07) is 6.07. The first-order valence-corrected chi connectivity index (χ1v) is 6.98. The second-order valence-electron chi connectivity index (χ2n) is 5.73. The third-order valence-corrected chi connectivity index (χ3v) is 3.29. The Labute approximate surface area is 116 Å². The maximum absolute atomic E-state index is 6.09. The molecule has 0 spiro atoms. The molecule has 0 saturated carbocycles. The Hall–Kier alpha value is -0.570. The average molecular weight is 269 g/mol. The Kier molecular flexibility index (Phi) is 6.13. The van der Waals surface area contributed by atoms with Gasteiger partial charge in [-0.2, -0.15) is 0 Å². The standard InChI is InChI=1S/C15H25ClN2/c1-12-13(7-5-8-14(12)16)11-17-9-6-10-18-15(2,3)4/h5,7-8,17-18H,6,9-11H2,1-4H3. The molecule has 2 nitrogen and oxygen atoms in total. The predicted octanol–water partition coefficient (Wildman–Crippen LogP) is 3.52. The summed E-state index contributed by atoms with van der Waals surface area (Å²) >= 11 is 6.09. The number of halogens is 1. The second-order valence-corrected chi connectivity index (χ2v) is 6.14. The van der Waals surface area contributed by atoms with Crippen LogP contribution in [0, 0.1) is 6.92 Å². The first kappa shape index (κ1) is 15.5. The van der Waals surface area contributed by atoms with E-state index in [1.54, 1.807) is 0 Å². The lowest BCUT2D eigenvalue weighted by atomic mass is 10.1. The molecule has 0 bridgehead atoms. The lowest BCUT2D eigenvalue weighted by Gasteiger charge is -2.20. The normalized spacial score (nSPS) is 11.8. The molecule has 1 aromatic carbocycles. The molecule has 0 radical (unpaired) electrons. The maximum atomic E-state index is 6.09. The highest BCUT2D eigenvalue weighted by Crippen LogP contribution is 2.18. The van der Waals surface area contributed by atoms with E-state index in [4.69, 9.17) is 11.6 Å². The highest BCUT2D eigenvalue weighted by Gasteiger charge is 2.07. The van der Waals surface area contributed by atoms with E-state index in [0.29, 0.717) is 0 Å². The van der Waals surface area contributed by atoms with Crippen LogP contribution in [0.5, 0.6) is 0 Å². The van der Waals surface area contributed by atoms with Gasteiger partial charge in [0.25, 0.3) is 0 Å². The van der Waals surface area contributed by atoms with E-state index >= 15 is 0 Å². The van der Waals surface area contributed by atoms with Crippen molar-refractivity contribution in [3.63, 3.8) is 0 Å². The molecule has 18 heavy (non-hydrogen) atoms. The minimum Gasteiger partial charge on any atom is -0.313 e. The van der Waals surface area contributed by atoms with E-state index < -0.39 is 0 Å². The largest absolute Gasteiger partial charge is 0.313 e. The first-order chi connectivity index (χ1) is 8.40. The lowest BCUT2D eigenvalue weighted by Crippen LogP contribution is -2.37. The number of hydrogen-bond donors (Lipinski definition) is 2. The van der Waals surface area contributed by atoms with Gasteiger partial charge in [0.05, 0.1) is 0 Å². The van der Waals surface area contributed by atoms with E-state index in [1.807, 2.05) is 12.1 Å². The molecule has 0 aromatic heterocycles. The van der Waals surface area contributed by atoms with E-state index in [-0.39, 0.29) is 5.54 Å². The van der Waals surface area contributed by atoms with Crippen LogP contribution in [0.3, 0.4) is 0 Å². The highest BCUT2D eigenvalue weighted by atomic mass is 35.5. The molecule has 0 aliphatic heterocycles. The van der Waals surface area contributed by atoms with Gasteiger partial charge >= 0.3 is 0 Å². The summed E-state index contributed by atoms with van der Waals surface area (Å²) in [6.07, 6.45) is 1.14. The highest BCUT2D eigenvalue weighted by molar-refractivity contribution is 6.31. The zero-order chi connectivity index (χ0) is 13.6. The van der Waals surface area contributed by atoms with Crippen molar-refractivity contribution in [1.29, 1.82) is 0 Å². The fourth-order valence-corrected chi connectivity index (χ4v) is 1.94. The van der Waals surface area contributed by atoms with E-state index in [2.05, 4.69) is 44.4 Å². The summed E-state index contributed by atoms with van der Waals surface area (Å²) < 4.78 is 0. The van der Waals surface area contributed by atoms with Gasteiger partial charge in [-0.05, 0) is 64.4 Å². The van der Waals surface area contributed by atoms with Gasteiger partial charge in [0.2, 0.25) is 0 Å². The van der Waals surface area contributed by atoms with Crippen molar-refractivity contribution in [3.8, 4) is 0 Å². The van der Waals surface area contributed by atoms with E-state index in [0.717, 1.165) is 31.1 Å². The Bertz CT molecular complexity index is 369. The molecule has 0 unspecified atom stereocenters. The van der Waals surface area contributed by atoms with Gasteiger partial charge in [-0.25, -0.2) is 0 Å². The number of benzene rings is 1. The Balaban J connectivity index is 2.20. The van der Waals surface area contributed by atoms with Crippen molar-refractivity contribution < 1.29 is 0 Å². The topological polar surface area (TPSA) is 24.1 Å². The Morgan fingerprint density at radius 1 is 1.17 bits per heavy atom. The van der Waals surface area contributed by atoms with Gasteiger partial charge in [-0.3, -0.25) is 0 Å². The quantitative estimate of drug-likeness (QED) is 0.772. The summed E-state index contributed by atoms with van der Waals surface area (Å²) in [7, 11) is 0. The third kappa shape index (κ3) is 5.85. The SMILES string of the molecule is Cc1c(Cl)cccc1CNCCCNC(C)(C)C. The van der Waals surface area contributed by atoms with Gasteiger partial charge in [-0.1, -0.05) is 23.7 Å². The minimum absolute atomic E-state index is 0.212. The van der Waals surface area contributed by atoms with Crippen LogP contribution in [0.1, 0.15) is 38.3 Å². The Morgan fingerprint density at radius 3 is 2.56 bits per heavy atom. The van der Waals surface area contributed by atoms with E-state index in [9.17, 15) is 0 Å². The van der Waals surface area contributed by atoms with Crippen molar-refractivity contribution in [2.45, 2.75) is 46.2 Å². The van der Waals surface area contributed by atoms with Crippen molar-refractivity contribution in [3.05, 3.63) is 34.3 Å². The van der Waals surface area contributed by atoms with Crippen molar-refractivity contribution in [2.75, 3.05) is 13.1 Å². The molecule has 102 valence electrons. The summed E-state index contributed by atoms with van der Waals surface area (Å²) in [6.45, 7) is 11.6. The fraction of sp³-hybridized carbons (Fsp3) is 0.600. The van der Waals surface area contributed by atoms with Crippen molar-refractivity contribution in [2.24, 2.45) is 0 Å². The third-order valence-electron chi connectivity index (χ3n) is 2.88. The number of nitrogens with one attached hydrogen (secondary N) is 2. The lowest BCUT2D eigenvalue weighted by molar-refractivity contribution is 0.418. The molecule has 1 aromatic rings. The molecular weight excluding hydrogens is 244 g/mol. The van der Waals surface area contributed by atoms with Crippen LogP contribution in [-0.2, 0) is 6.54 Å². The molecule has 3 heteroatoms. The molecule has 0 heterocycles. The molecule has 0 fully saturated rings. The molecular formula is C15H25ClN2. The summed E-state index contributed by atoms with van der Waals surface area (Å²) in [4.78, 5) is 0. The molecule has 0 atom stereocenters. The number of rotatable bonds is 6. The van der Waals surface area contributed by atoms with E-state index in [1.165, 1.54) is 11.1 Å². The van der Waals surface area contributed by atoms with Gasteiger partial charge in [0.1, 0.15) is 0 Å². The maximum Gasteiger partial charge on any atom is 0.0438 e. The minimum atomic E-state index is 0.212. The predicted molar refractivity (Wildman–Crippen MR) is 80.3 cm³/mol. The fourth-order valence-electron chi connectivity index (χ4n) is 1.74. The molecule has 0 aliphatic carbocycles. The smallest absolute Gasteiger partial charge is 0.0438 e. The Morgan fingerprint density at radius 2 is 1.89 bits per heavy atom. The monoisotopic (exact) mass is 268 g/mol. The van der Waals surface area contributed by atoms with Gasteiger partial charge in [0.15, 0.2) is 0 Å². The summed E-state index contributed by atoms with van der Waals surface area (Å²) in [5.41, 5.74) is 2.68. The zero-order valence-corrected chi connectivity index (χ0v) is 12.7. The summed E-state index contributed by atoms with van der Waals surface area (Å²) in [5, 5.41) is 7.79. The van der Waals surface area contributed by atoms with Gasteiger partial charge in [-0.15, -0.1) is 0 Å². The van der Waals surface area contributed by atoms with Crippen LogP contribution in [0.4, 0.5) is 0 Å². The molecule has 0 saturated heterocycles. The van der Waals surface area contributed by atoms with Crippen LogP contribution >= 0.6 is 11.6 Å². The van der Waals surface area contributed by atoms with Crippen LogP contribution in [0.2, 0.25) is 5.02 Å². The molecule has 0 aliphatic rings. The first-order valence-electron chi connectivity index (χ1n) is 6.60. The number of hydrogen-bond acceptors (Lipinski definition) is 2. The van der Waals surface area contributed by atoms with Crippen LogP contribution < -0.4 is 10.6 Å². The van der Waals surface area contributed by atoms with Crippen LogP contribution in [0.25, 0.3) is 0 Å². The van der Waals surface area contributed by atoms with Crippen molar-refractivity contribution >= 4 is 11.6 Å². The van der Waals surface area contributed by atoms with Gasteiger partial charge < -0.3 is 10.6 Å². The molecule has 0 amide bonds. The van der Waals surface area contributed by atoms with Crippen molar-refractivity contribution in [1.82, 2.24) is 10.6 Å². The van der Waals surface area contributed by atoms with Gasteiger partial charge in [0, 0.05) is 17.1 Å². The second kappa shape index (κ2) is 7.13. The molecule has 2 N–H and O–H groups in total. The summed E-state index contributed by atoms with van der Waals surface area (Å²) in [5.74, 6) is 0. The van der Waals surface area contributed by atoms with Crippen LogP contribution in [-0.4, -0.2) is 18.6 Å². The average Bonchev–Trinajstić information content (AvgIpc) is 2.27. The molecule has 1 rings (SSSR count).